The quantitative estimate of drug-likeness (QED) is 0.763. The van der Waals surface area contributed by atoms with Gasteiger partial charge >= 0.3 is 0 Å². The van der Waals surface area contributed by atoms with E-state index in [4.69, 9.17) is 4.74 Å². The number of rotatable bonds is 5. The Bertz CT molecular complexity index is 398. The van der Waals surface area contributed by atoms with Gasteiger partial charge in [-0.05, 0) is 32.7 Å². The smallest absolute Gasteiger partial charge is 0.179 e. The molecule has 0 radical (unpaired) electrons. The lowest BCUT2D eigenvalue weighted by Crippen LogP contribution is -2.40. The molecule has 0 spiro atoms. The van der Waals surface area contributed by atoms with Crippen LogP contribution in [0.25, 0.3) is 0 Å². The van der Waals surface area contributed by atoms with Gasteiger partial charge in [0.25, 0.3) is 0 Å². The fraction of sp³-hybridized carbons (Fsp3) is 0.562. The molecule has 0 amide bonds. The standard InChI is InChI=1S/C16H23NO2/c1-13(16(18)15-8-4-3-5-9-15)17(2)11-14-7-6-10-19-12-14/h3-5,8-9,13-14H,6-7,10-12H2,1-2H3. The fourth-order valence-corrected chi connectivity index (χ4v) is 2.56. The molecule has 1 aliphatic rings. The number of Topliss-reactive ketones (excluding diaryl/α,β-unsaturated/α-hetero) is 1. The van der Waals surface area contributed by atoms with Crippen molar-refractivity contribution in [2.24, 2.45) is 5.92 Å². The monoisotopic (exact) mass is 261 g/mol. The van der Waals surface area contributed by atoms with Crippen LogP contribution >= 0.6 is 0 Å². The van der Waals surface area contributed by atoms with Crippen LogP contribution in [-0.2, 0) is 4.74 Å². The van der Waals surface area contributed by atoms with Crippen molar-refractivity contribution < 1.29 is 9.53 Å². The molecule has 0 bridgehead atoms. The molecule has 0 aliphatic carbocycles. The zero-order valence-corrected chi connectivity index (χ0v) is 11.8. The van der Waals surface area contributed by atoms with E-state index in [0.29, 0.717) is 5.92 Å². The topological polar surface area (TPSA) is 29.5 Å². The summed E-state index contributed by atoms with van der Waals surface area (Å²) in [4.78, 5) is 14.5. The Morgan fingerprint density at radius 1 is 1.42 bits per heavy atom. The van der Waals surface area contributed by atoms with Gasteiger partial charge in [-0.2, -0.15) is 0 Å². The van der Waals surface area contributed by atoms with E-state index in [-0.39, 0.29) is 11.8 Å². The third-order valence-corrected chi connectivity index (χ3v) is 3.90. The van der Waals surface area contributed by atoms with Gasteiger partial charge in [0.05, 0.1) is 12.6 Å². The van der Waals surface area contributed by atoms with Crippen molar-refractivity contribution in [2.75, 3.05) is 26.8 Å². The summed E-state index contributed by atoms with van der Waals surface area (Å²) in [5.74, 6) is 0.754. The second-order valence-corrected chi connectivity index (χ2v) is 5.43. The Labute approximate surface area is 115 Å². The number of hydrogen-bond donors (Lipinski definition) is 0. The van der Waals surface area contributed by atoms with Crippen molar-refractivity contribution in [3.8, 4) is 0 Å². The highest BCUT2D eigenvalue weighted by Gasteiger charge is 2.23. The Kier molecular flexibility index (Phi) is 5.11. The van der Waals surface area contributed by atoms with Crippen LogP contribution in [0.15, 0.2) is 30.3 Å². The van der Waals surface area contributed by atoms with Crippen molar-refractivity contribution in [1.29, 1.82) is 0 Å². The summed E-state index contributed by atoms with van der Waals surface area (Å²) in [6.07, 6.45) is 2.34. The van der Waals surface area contributed by atoms with E-state index < -0.39 is 0 Å². The molecule has 2 unspecified atom stereocenters. The third kappa shape index (κ3) is 3.88. The molecule has 2 atom stereocenters. The number of nitrogens with zero attached hydrogens (tertiary/aromatic N) is 1. The zero-order valence-electron chi connectivity index (χ0n) is 11.8. The Hall–Kier alpha value is -1.19. The van der Waals surface area contributed by atoms with Crippen LogP contribution < -0.4 is 0 Å². The number of ketones is 1. The van der Waals surface area contributed by atoms with Crippen LogP contribution in [0.3, 0.4) is 0 Å². The minimum absolute atomic E-state index is 0.0793. The summed E-state index contributed by atoms with van der Waals surface area (Å²) in [5.41, 5.74) is 0.793. The molecule has 3 nitrogen and oxygen atoms in total. The van der Waals surface area contributed by atoms with Crippen LogP contribution in [0.1, 0.15) is 30.1 Å². The van der Waals surface area contributed by atoms with Gasteiger partial charge in [0, 0.05) is 18.7 Å². The lowest BCUT2D eigenvalue weighted by atomic mass is 9.99. The molecule has 3 heteroatoms. The first-order valence-electron chi connectivity index (χ1n) is 7.05. The predicted molar refractivity (Wildman–Crippen MR) is 76.4 cm³/mol. The highest BCUT2D eigenvalue weighted by atomic mass is 16.5. The molecule has 1 aromatic carbocycles. The van der Waals surface area contributed by atoms with Crippen molar-refractivity contribution >= 4 is 5.78 Å². The second kappa shape index (κ2) is 6.83. The van der Waals surface area contributed by atoms with Gasteiger partial charge in [-0.25, -0.2) is 0 Å². The maximum Gasteiger partial charge on any atom is 0.179 e. The molecule has 1 fully saturated rings. The van der Waals surface area contributed by atoms with Gasteiger partial charge in [0.15, 0.2) is 5.78 Å². The summed E-state index contributed by atoms with van der Waals surface area (Å²) in [5, 5.41) is 0. The first-order chi connectivity index (χ1) is 9.18. The van der Waals surface area contributed by atoms with Crippen LogP contribution in [0.2, 0.25) is 0 Å². The average Bonchev–Trinajstić information content (AvgIpc) is 2.47. The Balaban J connectivity index is 1.91. The van der Waals surface area contributed by atoms with E-state index in [1.165, 1.54) is 6.42 Å². The molecule has 104 valence electrons. The first-order valence-corrected chi connectivity index (χ1v) is 7.05. The van der Waals surface area contributed by atoms with E-state index in [2.05, 4.69) is 4.90 Å². The molecule has 2 rings (SSSR count). The average molecular weight is 261 g/mol. The molecular weight excluding hydrogens is 238 g/mol. The molecule has 19 heavy (non-hydrogen) atoms. The van der Waals surface area contributed by atoms with Crippen LogP contribution in [-0.4, -0.2) is 43.5 Å². The van der Waals surface area contributed by atoms with E-state index in [1.807, 2.05) is 44.3 Å². The highest BCUT2D eigenvalue weighted by molar-refractivity contribution is 5.99. The summed E-state index contributed by atoms with van der Waals surface area (Å²) in [7, 11) is 2.03. The number of ether oxygens (including phenoxy) is 1. The van der Waals surface area contributed by atoms with Crippen LogP contribution in [0.5, 0.6) is 0 Å². The predicted octanol–water partition coefficient (Wildman–Crippen LogP) is 2.62. The fourth-order valence-electron chi connectivity index (χ4n) is 2.56. The van der Waals surface area contributed by atoms with Gasteiger partial charge < -0.3 is 4.74 Å². The molecular formula is C16H23NO2. The van der Waals surface area contributed by atoms with E-state index in [1.54, 1.807) is 0 Å². The van der Waals surface area contributed by atoms with Gasteiger partial charge in [-0.15, -0.1) is 0 Å². The largest absolute Gasteiger partial charge is 0.381 e. The maximum atomic E-state index is 12.4. The number of carbonyl (C=O) groups is 1. The molecule has 1 heterocycles. The molecule has 0 N–H and O–H groups in total. The lowest BCUT2D eigenvalue weighted by molar-refractivity contribution is 0.0364. The van der Waals surface area contributed by atoms with Gasteiger partial charge in [-0.3, -0.25) is 9.69 Å². The Morgan fingerprint density at radius 3 is 2.79 bits per heavy atom. The summed E-state index contributed by atoms with van der Waals surface area (Å²) < 4.78 is 5.50. The zero-order chi connectivity index (χ0) is 13.7. The summed E-state index contributed by atoms with van der Waals surface area (Å²) in [6, 6.07) is 9.45. The molecule has 0 aromatic heterocycles. The van der Waals surface area contributed by atoms with Crippen LogP contribution in [0, 0.1) is 5.92 Å². The van der Waals surface area contributed by atoms with Crippen molar-refractivity contribution in [2.45, 2.75) is 25.8 Å². The third-order valence-electron chi connectivity index (χ3n) is 3.90. The van der Waals surface area contributed by atoms with Crippen molar-refractivity contribution in [3.05, 3.63) is 35.9 Å². The number of carbonyl (C=O) groups excluding carboxylic acids is 1. The van der Waals surface area contributed by atoms with Crippen molar-refractivity contribution in [1.82, 2.24) is 4.90 Å². The summed E-state index contributed by atoms with van der Waals surface area (Å²) >= 11 is 0. The van der Waals surface area contributed by atoms with E-state index in [0.717, 1.165) is 31.7 Å². The van der Waals surface area contributed by atoms with Gasteiger partial charge in [0.2, 0.25) is 0 Å². The maximum absolute atomic E-state index is 12.4. The minimum Gasteiger partial charge on any atom is -0.381 e. The van der Waals surface area contributed by atoms with Gasteiger partial charge in [-0.1, -0.05) is 30.3 Å². The Morgan fingerprint density at radius 2 is 2.16 bits per heavy atom. The van der Waals surface area contributed by atoms with E-state index >= 15 is 0 Å². The van der Waals surface area contributed by atoms with E-state index in [9.17, 15) is 4.79 Å². The summed E-state index contributed by atoms with van der Waals surface area (Å²) in [6.45, 7) is 4.63. The highest BCUT2D eigenvalue weighted by Crippen LogP contribution is 2.16. The number of benzene rings is 1. The molecule has 1 aliphatic heterocycles. The van der Waals surface area contributed by atoms with Crippen molar-refractivity contribution in [3.63, 3.8) is 0 Å². The normalized spacial score (nSPS) is 21.3. The second-order valence-electron chi connectivity index (χ2n) is 5.43. The molecule has 1 saturated heterocycles. The van der Waals surface area contributed by atoms with Crippen LogP contribution in [0.4, 0.5) is 0 Å². The number of likely N-dealkylation sites (N-methyl/N-ethyl adjacent to an activating group) is 1. The first kappa shape index (κ1) is 14.2. The van der Waals surface area contributed by atoms with Gasteiger partial charge in [0.1, 0.15) is 0 Å². The lowest BCUT2D eigenvalue weighted by Gasteiger charge is -2.30. The SMILES string of the molecule is CC(C(=O)c1ccccc1)N(C)CC1CCCOC1. The molecule has 0 saturated carbocycles. The number of hydrogen-bond acceptors (Lipinski definition) is 3. The minimum atomic E-state index is -0.0793. The molecule has 1 aromatic rings.